The molecule has 0 bridgehead atoms. The summed E-state index contributed by atoms with van der Waals surface area (Å²) in [5.41, 5.74) is 4.81. The number of hydrazone groups is 1. The summed E-state index contributed by atoms with van der Waals surface area (Å²) in [6.45, 7) is 4.61. The molecule has 3 atom stereocenters. The van der Waals surface area contributed by atoms with Crippen molar-refractivity contribution in [3.63, 3.8) is 0 Å². The fourth-order valence-corrected chi connectivity index (χ4v) is 4.31. The van der Waals surface area contributed by atoms with Crippen LogP contribution in [0.15, 0.2) is 40.6 Å². The third kappa shape index (κ3) is 3.36. The third-order valence-corrected chi connectivity index (χ3v) is 5.73. The van der Waals surface area contributed by atoms with E-state index in [2.05, 4.69) is 49.8 Å². The quantitative estimate of drug-likeness (QED) is 0.590. The zero-order valence-electron chi connectivity index (χ0n) is 15.8. The summed E-state index contributed by atoms with van der Waals surface area (Å²) in [5.74, 6) is -0.102. The van der Waals surface area contributed by atoms with E-state index in [0.717, 1.165) is 28.4 Å². The molecule has 28 heavy (non-hydrogen) atoms. The van der Waals surface area contributed by atoms with Crippen molar-refractivity contribution in [1.82, 2.24) is 20.0 Å². The first-order valence-electron chi connectivity index (χ1n) is 9.17. The topological polar surface area (TPSA) is 87.2 Å². The molecule has 0 N–H and O–H groups in total. The van der Waals surface area contributed by atoms with E-state index in [1.165, 1.54) is 5.56 Å². The summed E-state index contributed by atoms with van der Waals surface area (Å²) in [6, 6.07) is 8.25. The Kier molecular flexibility index (Phi) is 4.82. The lowest BCUT2D eigenvalue weighted by Crippen LogP contribution is -2.38. The van der Waals surface area contributed by atoms with Gasteiger partial charge in [-0.05, 0) is 42.8 Å². The van der Waals surface area contributed by atoms with Crippen LogP contribution >= 0.6 is 9.24 Å². The summed E-state index contributed by atoms with van der Waals surface area (Å²) >= 11 is 0. The molecule has 2 aromatic rings. The van der Waals surface area contributed by atoms with Gasteiger partial charge in [0, 0.05) is 12.6 Å². The van der Waals surface area contributed by atoms with Gasteiger partial charge in [0.25, 0.3) is 5.91 Å². The molecule has 142 valence electrons. The predicted molar refractivity (Wildman–Crippen MR) is 109 cm³/mol. The number of rotatable bonds is 4. The second-order valence-electron chi connectivity index (χ2n) is 7.37. The van der Waals surface area contributed by atoms with E-state index >= 15 is 0 Å². The molecule has 4 rings (SSSR count). The standard InChI is InChI=1S/C20H21N6OP/c1-12-5-14(7-17(28)6-12)19-3-4-22-26(19)20(27)18-8-15(13(18)2)10-25-11-16(9-21)23-24-25/h4-7,11,18-19H,3,8,10,28H2,1-2H3. The number of nitrogens with zero attached hydrogens (tertiary/aromatic N) is 6. The van der Waals surface area contributed by atoms with Gasteiger partial charge < -0.3 is 0 Å². The van der Waals surface area contributed by atoms with Gasteiger partial charge in [-0.25, -0.2) is 9.69 Å². The number of amides is 1. The van der Waals surface area contributed by atoms with Gasteiger partial charge in [-0.1, -0.05) is 28.5 Å². The number of allylic oxidation sites excluding steroid dienone is 1. The Morgan fingerprint density at radius 3 is 2.86 bits per heavy atom. The molecule has 7 nitrogen and oxygen atoms in total. The molecule has 2 aliphatic rings. The van der Waals surface area contributed by atoms with Crippen molar-refractivity contribution in [1.29, 1.82) is 5.26 Å². The second kappa shape index (κ2) is 7.29. The normalized spacial score (nSPS) is 21.0. The molecule has 0 saturated carbocycles. The van der Waals surface area contributed by atoms with Crippen LogP contribution in [-0.4, -0.2) is 32.1 Å². The minimum Gasteiger partial charge on any atom is -0.272 e. The SMILES string of the molecule is CC1=C(Cn2cc(C#N)nn2)CC1C(=O)N1N=CCC1c1cc(C)cc(P)c1. The van der Waals surface area contributed by atoms with E-state index in [1.54, 1.807) is 15.9 Å². The highest BCUT2D eigenvalue weighted by Gasteiger charge is 2.39. The zero-order valence-corrected chi connectivity index (χ0v) is 17.0. The fraction of sp³-hybridized carbons (Fsp3) is 0.350. The molecule has 1 aliphatic heterocycles. The smallest absolute Gasteiger partial charge is 0.250 e. The van der Waals surface area contributed by atoms with Gasteiger partial charge in [0.15, 0.2) is 5.69 Å². The zero-order chi connectivity index (χ0) is 19.8. The van der Waals surface area contributed by atoms with Gasteiger partial charge in [-0.15, -0.1) is 14.3 Å². The van der Waals surface area contributed by atoms with Crippen LogP contribution in [0.4, 0.5) is 0 Å². The molecule has 3 unspecified atom stereocenters. The Morgan fingerprint density at radius 2 is 2.18 bits per heavy atom. The average Bonchev–Trinajstić information content (AvgIpc) is 3.32. The molecule has 2 heterocycles. The minimum absolute atomic E-state index is 0.0444. The van der Waals surface area contributed by atoms with Gasteiger partial charge in [0.05, 0.1) is 24.7 Å². The molecule has 0 saturated heterocycles. The number of carbonyl (C=O) groups excluding carboxylic acids is 1. The van der Waals surface area contributed by atoms with E-state index in [9.17, 15) is 4.79 Å². The molecule has 1 aliphatic carbocycles. The van der Waals surface area contributed by atoms with Crippen LogP contribution in [0.1, 0.15) is 42.6 Å². The van der Waals surface area contributed by atoms with Gasteiger partial charge in [0.2, 0.25) is 0 Å². The van der Waals surface area contributed by atoms with Crippen molar-refractivity contribution < 1.29 is 4.79 Å². The lowest BCUT2D eigenvalue weighted by molar-refractivity contribution is -0.136. The van der Waals surface area contributed by atoms with Gasteiger partial charge in [0.1, 0.15) is 6.07 Å². The molecule has 0 fully saturated rings. The molecule has 0 radical (unpaired) electrons. The van der Waals surface area contributed by atoms with E-state index in [-0.39, 0.29) is 17.9 Å². The number of nitriles is 1. The maximum Gasteiger partial charge on any atom is 0.250 e. The second-order valence-corrected chi connectivity index (χ2v) is 8.03. The highest BCUT2D eigenvalue weighted by molar-refractivity contribution is 7.27. The number of hydrogen-bond donors (Lipinski definition) is 0. The Bertz CT molecular complexity index is 1030. The van der Waals surface area contributed by atoms with E-state index in [0.29, 0.717) is 18.7 Å². The monoisotopic (exact) mass is 392 g/mol. The number of aryl methyl sites for hydroxylation is 1. The summed E-state index contributed by atoms with van der Waals surface area (Å²) in [4.78, 5) is 13.1. The van der Waals surface area contributed by atoms with Crippen molar-refractivity contribution in [2.75, 3.05) is 0 Å². The minimum atomic E-state index is -0.146. The Balaban J connectivity index is 1.49. The Morgan fingerprint density at radius 1 is 1.36 bits per heavy atom. The number of hydrogen-bond acceptors (Lipinski definition) is 5. The lowest BCUT2D eigenvalue weighted by Gasteiger charge is -2.34. The van der Waals surface area contributed by atoms with Gasteiger partial charge in [-0.2, -0.15) is 10.4 Å². The van der Waals surface area contributed by atoms with Crippen LogP contribution in [0.25, 0.3) is 0 Å². The molecule has 1 amide bonds. The van der Waals surface area contributed by atoms with Gasteiger partial charge >= 0.3 is 0 Å². The maximum atomic E-state index is 13.1. The summed E-state index contributed by atoms with van der Waals surface area (Å²) in [5, 5.41) is 23.7. The van der Waals surface area contributed by atoms with Crippen LogP contribution in [0.2, 0.25) is 0 Å². The Labute approximate surface area is 165 Å². The highest BCUT2D eigenvalue weighted by Crippen LogP contribution is 2.39. The number of benzene rings is 1. The highest BCUT2D eigenvalue weighted by atomic mass is 31.0. The summed E-state index contributed by atoms with van der Waals surface area (Å²) < 4.78 is 1.64. The van der Waals surface area contributed by atoms with E-state index in [4.69, 9.17) is 5.26 Å². The Hall–Kier alpha value is -2.84. The number of carbonyl (C=O) groups is 1. The van der Waals surface area contributed by atoms with Gasteiger partial charge in [-0.3, -0.25) is 4.79 Å². The first-order valence-corrected chi connectivity index (χ1v) is 9.75. The lowest BCUT2D eigenvalue weighted by atomic mass is 9.77. The maximum absolute atomic E-state index is 13.1. The first kappa shape index (κ1) is 18.5. The largest absolute Gasteiger partial charge is 0.272 e. The molecule has 1 aromatic carbocycles. The van der Waals surface area contributed by atoms with E-state index < -0.39 is 0 Å². The van der Waals surface area contributed by atoms with Crippen LogP contribution in [0.5, 0.6) is 0 Å². The van der Waals surface area contributed by atoms with Crippen molar-refractivity contribution in [3.8, 4) is 6.07 Å². The summed E-state index contributed by atoms with van der Waals surface area (Å²) in [6.07, 6.45) is 4.87. The van der Waals surface area contributed by atoms with Crippen LogP contribution in [0, 0.1) is 24.2 Å². The van der Waals surface area contributed by atoms with Crippen LogP contribution < -0.4 is 5.30 Å². The molecular weight excluding hydrogens is 371 g/mol. The van der Waals surface area contributed by atoms with Crippen molar-refractivity contribution in [2.45, 2.75) is 39.3 Å². The van der Waals surface area contributed by atoms with Crippen LogP contribution in [-0.2, 0) is 11.3 Å². The first-order chi connectivity index (χ1) is 13.5. The van der Waals surface area contributed by atoms with Crippen molar-refractivity contribution >= 4 is 26.7 Å². The van der Waals surface area contributed by atoms with Crippen molar-refractivity contribution in [3.05, 3.63) is 52.4 Å². The summed E-state index contributed by atoms with van der Waals surface area (Å²) in [7, 11) is 2.73. The number of aromatic nitrogens is 3. The average molecular weight is 392 g/mol. The third-order valence-electron chi connectivity index (χ3n) is 5.40. The molecule has 1 aromatic heterocycles. The van der Waals surface area contributed by atoms with Crippen LogP contribution in [0.3, 0.4) is 0 Å². The molecular formula is C20H21N6OP. The van der Waals surface area contributed by atoms with Crippen molar-refractivity contribution in [2.24, 2.45) is 11.0 Å². The molecule has 0 spiro atoms. The van der Waals surface area contributed by atoms with E-state index in [1.807, 2.05) is 19.2 Å². The fourth-order valence-electron chi connectivity index (χ4n) is 3.86. The predicted octanol–water partition coefficient (Wildman–Crippen LogP) is 2.25. The molecule has 8 heteroatoms.